The fourth-order valence-corrected chi connectivity index (χ4v) is 3.49. The number of hydrogen-bond acceptors (Lipinski definition) is 5. The number of esters is 2. The second-order valence-electron chi connectivity index (χ2n) is 4.82. The van der Waals surface area contributed by atoms with Crippen LogP contribution in [0.3, 0.4) is 0 Å². The molecule has 0 aliphatic heterocycles. The van der Waals surface area contributed by atoms with E-state index in [1.165, 1.54) is 35.3 Å². The van der Waals surface area contributed by atoms with Crippen LogP contribution in [0.4, 0.5) is 0 Å². The summed E-state index contributed by atoms with van der Waals surface area (Å²) in [4.78, 5) is 25.3. The molecule has 108 valence electrons. The molecule has 0 fully saturated rings. The van der Waals surface area contributed by atoms with Gasteiger partial charge in [0.2, 0.25) is 0 Å². The zero-order chi connectivity index (χ0) is 14.8. The van der Waals surface area contributed by atoms with Crippen LogP contribution < -0.4 is 4.74 Å². The Balaban J connectivity index is 1.70. The smallest absolute Gasteiger partial charge is 0.353 e. The van der Waals surface area contributed by atoms with Crippen molar-refractivity contribution in [3.8, 4) is 5.75 Å². The first-order valence-corrected chi connectivity index (χ1v) is 7.51. The third kappa shape index (κ3) is 2.83. The van der Waals surface area contributed by atoms with Crippen LogP contribution in [0, 0.1) is 0 Å². The first kappa shape index (κ1) is 13.8. The minimum absolute atomic E-state index is 0.347. The first-order chi connectivity index (χ1) is 10.2. The Labute approximate surface area is 126 Å². The highest BCUT2D eigenvalue weighted by molar-refractivity contribution is 7.14. The number of carbonyl (C=O) groups is 2. The van der Waals surface area contributed by atoms with Crippen LogP contribution in [-0.2, 0) is 17.6 Å². The van der Waals surface area contributed by atoms with Gasteiger partial charge in [-0.15, -0.1) is 11.3 Å². The van der Waals surface area contributed by atoms with E-state index < -0.39 is 5.97 Å². The predicted molar refractivity (Wildman–Crippen MR) is 79.1 cm³/mol. The van der Waals surface area contributed by atoms with Gasteiger partial charge in [-0.1, -0.05) is 0 Å². The number of ether oxygens (including phenoxy) is 2. The highest BCUT2D eigenvalue weighted by Gasteiger charge is 2.19. The van der Waals surface area contributed by atoms with E-state index in [1.807, 2.05) is 6.07 Å². The van der Waals surface area contributed by atoms with Gasteiger partial charge >= 0.3 is 11.9 Å². The van der Waals surface area contributed by atoms with E-state index in [0.717, 1.165) is 12.8 Å². The van der Waals surface area contributed by atoms with E-state index in [2.05, 4.69) is 4.74 Å². The molecule has 0 saturated carbocycles. The average Bonchev–Trinajstić information content (AvgIpc) is 3.08. The molecule has 4 nitrogen and oxygen atoms in total. The van der Waals surface area contributed by atoms with E-state index in [1.54, 1.807) is 24.3 Å². The van der Waals surface area contributed by atoms with Gasteiger partial charge in [-0.05, 0) is 55.2 Å². The maximum atomic E-state index is 12.1. The molecule has 0 bridgehead atoms. The summed E-state index contributed by atoms with van der Waals surface area (Å²) in [6, 6.07) is 8.25. The van der Waals surface area contributed by atoms with Gasteiger partial charge in [0.05, 0.1) is 12.7 Å². The Hall–Kier alpha value is -2.14. The van der Waals surface area contributed by atoms with Crippen LogP contribution in [0.2, 0.25) is 0 Å². The SMILES string of the molecule is COC(=O)c1ccc(OC(=O)c2cc3c(s2)CCC3)cc1. The summed E-state index contributed by atoms with van der Waals surface area (Å²) in [6.45, 7) is 0. The van der Waals surface area contributed by atoms with Crippen molar-refractivity contribution in [2.24, 2.45) is 0 Å². The molecule has 1 aliphatic carbocycles. The molecule has 0 amide bonds. The maximum Gasteiger partial charge on any atom is 0.353 e. The summed E-state index contributed by atoms with van der Waals surface area (Å²) in [5.74, 6) is -0.344. The summed E-state index contributed by atoms with van der Waals surface area (Å²) >= 11 is 1.51. The lowest BCUT2D eigenvalue weighted by atomic mass is 10.2. The fraction of sp³-hybridized carbons (Fsp3) is 0.250. The van der Waals surface area contributed by atoms with Crippen LogP contribution >= 0.6 is 11.3 Å². The number of hydrogen-bond donors (Lipinski definition) is 0. The topological polar surface area (TPSA) is 52.6 Å². The second kappa shape index (κ2) is 5.69. The normalized spacial score (nSPS) is 12.8. The van der Waals surface area contributed by atoms with E-state index in [0.29, 0.717) is 16.2 Å². The molecule has 0 saturated heterocycles. The second-order valence-corrected chi connectivity index (χ2v) is 5.95. The largest absolute Gasteiger partial charge is 0.465 e. The minimum Gasteiger partial charge on any atom is -0.465 e. The van der Waals surface area contributed by atoms with Crippen LogP contribution in [0.25, 0.3) is 0 Å². The van der Waals surface area contributed by atoms with Crippen molar-refractivity contribution in [1.29, 1.82) is 0 Å². The Kier molecular flexibility index (Phi) is 3.75. The lowest BCUT2D eigenvalue weighted by Gasteiger charge is -2.04. The Morgan fingerprint density at radius 1 is 1.10 bits per heavy atom. The molecule has 0 spiro atoms. The van der Waals surface area contributed by atoms with Crippen molar-refractivity contribution < 1.29 is 19.1 Å². The Morgan fingerprint density at radius 2 is 1.86 bits per heavy atom. The van der Waals surface area contributed by atoms with Gasteiger partial charge in [-0.2, -0.15) is 0 Å². The van der Waals surface area contributed by atoms with Crippen LogP contribution in [0.15, 0.2) is 30.3 Å². The van der Waals surface area contributed by atoms with Gasteiger partial charge in [0.25, 0.3) is 0 Å². The Morgan fingerprint density at radius 3 is 2.52 bits per heavy atom. The molecule has 1 heterocycles. The minimum atomic E-state index is -0.414. The molecule has 0 radical (unpaired) electrons. The van der Waals surface area contributed by atoms with Crippen LogP contribution in [0.1, 0.15) is 36.9 Å². The summed E-state index contributed by atoms with van der Waals surface area (Å²) in [7, 11) is 1.33. The van der Waals surface area contributed by atoms with Crippen molar-refractivity contribution in [2.75, 3.05) is 7.11 Å². The van der Waals surface area contributed by atoms with Gasteiger partial charge < -0.3 is 9.47 Å². The van der Waals surface area contributed by atoms with E-state index in [9.17, 15) is 9.59 Å². The number of aryl methyl sites for hydroxylation is 2. The highest BCUT2D eigenvalue weighted by Crippen LogP contribution is 2.31. The molecule has 0 unspecified atom stereocenters. The molecule has 5 heteroatoms. The van der Waals surface area contributed by atoms with Crippen molar-refractivity contribution in [2.45, 2.75) is 19.3 Å². The number of benzene rings is 1. The van der Waals surface area contributed by atoms with E-state index in [4.69, 9.17) is 4.74 Å². The highest BCUT2D eigenvalue weighted by atomic mass is 32.1. The number of methoxy groups -OCH3 is 1. The molecule has 0 atom stereocenters. The van der Waals surface area contributed by atoms with Crippen molar-refractivity contribution in [1.82, 2.24) is 0 Å². The number of fused-ring (bicyclic) bond motifs is 1. The molecule has 21 heavy (non-hydrogen) atoms. The Bertz CT molecular complexity index is 663. The lowest BCUT2D eigenvalue weighted by molar-refractivity contribution is 0.0600. The van der Waals surface area contributed by atoms with E-state index >= 15 is 0 Å². The number of carbonyl (C=O) groups excluding carboxylic acids is 2. The number of thiophene rings is 1. The first-order valence-electron chi connectivity index (χ1n) is 6.69. The zero-order valence-electron chi connectivity index (χ0n) is 11.5. The fourth-order valence-electron chi connectivity index (χ4n) is 2.36. The predicted octanol–water partition coefficient (Wildman–Crippen LogP) is 3.24. The molecular formula is C16H14O4S. The standard InChI is InChI=1S/C16H14O4S/c1-19-15(17)10-5-7-12(8-6-10)20-16(18)14-9-11-3-2-4-13(11)21-14/h5-9H,2-4H2,1H3. The summed E-state index contributed by atoms with van der Waals surface area (Å²) in [5.41, 5.74) is 1.69. The van der Waals surface area contributed by atoms with Gasteiger partial charge in [0, 0.05) is 4.88 Å². The van der Waals surface area contributed by atoms with Crippen molar-refractivity contribution >= 4 is 23.3 Å². The third-order valence-electron chi connectivity index (χ3n) is 3.43. The van der Waals surface area contributed by atoms with Gasteiger partial charge in [-0.3, -0.25) is 0 Å². The van der Waals surface area contributed by atoms with Gasteiger partial charge in [0.15, 0.2) is 0 Å². The monoisotopic (exact) mass is 302 g/mol. The quantitative estimate of drug-likeness (QED) is 0.645. The third-order valence-corrected chi connectivity index (χ3v) is 4.65. The summed E-state index contributed by atoms with van der Waals surface area (Å²) in [5, 5.41) is 0. The van der Waals surface area contributed by atoms with Gasteiger partial charge in [0.1, 0.15) is 10.6 Å². The number of rotatable bonds is 3. The summed E-state index contributed by atoms with van der Waals surface area (Å²) in [6.07, 6.45) is 3.28. The molecule has 1 aromatic carbocycles. The van der Waals surface area contributed by atoms with Crippen LogP contribution in [0.5, 0.6) is 5.75 Å². The van der Waals surface area contributed by atoms with E-state index in [-0.39, 0.29) is 5.97 Å². The lowest BCUT2D eigenvalue weighted by Crippen LogP contribution is -2.07. The molecule has 0 N–H and O–H groups in total. The molecule has 2 aromatic rings. The average molecular weight is 302 g/mol. The van der Waals surface area contributed by atoms with Crippen molar-refractivity contribution in [3.05, 3.63) is 51.2 Å². The summed E-state index contributed by atoms with van der Waals surface area (Å²) < 4.78 is 9.94. The maximum absolute atomic E-state index is 12.1. The molecule has 3 rings (SSSR count). The molecule has 1 aliphatic rings. The van der Waals surface area contributed by atoms with Crippen molar-refractivity contribution in [3.63, 3.8) is 0 Å². The molecule has 1 aromatic heterocycles. The van der Waals surface area contributed by atoms with Crippen LogP contribution in [-0.4, -0.2) is 19.0 Å². The molecular weight excluding hydrogens is 288 g/mol. The zero-order valence-corrected chi connectivity index (χ0v) is 12.4. The van der Waals surface area contributed by atoms with Gasteiger partial charge in [-0.25, -0.2) is 9.59 Å².